The normalized spacial score (nSPS) is 16.9. The van der Waals surface area contributed by atoms with Crippen LogP contribution in [0.4, 0.5) is 33.7 Å². The fourth-order valence-electron chi connectivity index (χ4n) is 2.94. The second-order valence-corrected chi connectivity index (χ2v) is 6.46. The van der Waals surface area contributed by atoms with Crippen LogP contribution in [0.2, 0.25) is 0 Å². The Morgan fingerprint density at radius 1 is 1.07 bits per heavy atom. The molecule has 0 radical (unpaired) electrons. The summed E-state index contributed by atoms with van der Waals surface area (Å²) in [6.07, 6.45) is -4.20. The molecule has 3 rings (SSSR count). The van der Waals surface area contributed by atoms with Crippen LogP contribution in [-0.2, 0) is 11.0 Å². The maximum atomic E-state index is 13.0. The molecule has 0 aliphatic carbocycles. The van der Waals surface area contributed by atoms with Crippen molar-refractivity contribution in [1.29, 1.82) is 0 Å². The van der Waals surface area contributed by atoms with Crippen LogP contribution in [0.1, 0.15) is 12.0 Å². The Labute approximate surface area is 158 Å². The van der Waals surface area contributed by atoms with E-state index < -0.39 is 23.6 Å². The lowest BCUT2D eigenvalue weighted by Crippen LogP contribution is -2.34. The standard InChI is InChI=1S/C19H17F4N3O2/c20-14-3-7-16(8-4-14)26-11-12(9-17(26)27)10-24-18(28)25-15-5-1-13(2-6-15)19(21,22)23/h1-8,12H,9-11H2,(H2,24,25,28). The number of benzene rings is 2. The minimum absolute atomic E-state index is 0.124. The number of amides is 3. The molecule has 1 unspecified atom stereocenters. The van der Waals surface area contributed by atoms with E-state index >= 15 is 0 Å². The Kier molecular flexibility index (Phi) is 5.53. The summed E-state index contributed by atoms with van der Waals surface area (Å²) in [4.78, 5) is 25.6. The molecule has 28 heavy (non-hydrogen) atoms. The Morgan fingerprint density at radius 2 is 1.71 bits per heavy atom. The van der Waals surface area contributed by atoms with Crippen molar-refractivity contribution in [2.24, 2.45) is 5.92 Å². The van der Waals surface area contributed by atoms with Gasteiger partial charge in [0, 0.05) is 36.8 Å². The zero-order valence-corrected chi connectivity index (χ0v) is 14.6. The fourth-order valence-corrected chi connectivity index (χ4v) is 2.94. The fraction of sp³-hybridized carbons (Fsp3) is 0.263. The topological polar surface area (TPSA) is 61.4 Å². The summed E-state index contributed by atoms with van der Waals surface area (Å²) < 4.78 is 50.6. The SMILES string of the molecule is O=C(NCC1CC(=O)N(c2ccc(F)cc2)C1)Nc1ccc(C(F)(F)F)cc1. The van der Waals surface area contributed by atoms with Gasteiger partial charge in [-0.15, -0.1) is 0 Å². The van der Waals surface area contributed by atoms with E-state index in [1.807, 2.05) is 0 Å². The lowest BCUT2D eigenvalue weighted by atomic mass is 10.1. The molecule has 0 spiro atoms. The highest BCUT2D eigenvalue weighted by atomic mass is 19.4. The number of hydrogen-bond acceptors (Lipinski definition) is 2. The number of hydrogen-bond donors (Lipinski definition) is 2. The van der Waals surface area contributed by atoms with Gasteiger partial charge in [-0.1, -0.05) is 0 Å². The Morgan fingerprint density at radius 3 is 2.32 bits per heavy atom. The molecule has 2 aromatic rings. The summed E-state index contributed by atoms with van der Waals surface area (Å²) >= 11 is 0. The lowest BCUT2D eigenvalue weighted by Gasteiger charge is -2.17. The number of alkyl halides is 3. The van der Waals surface area contributed by atoms with Crippen LogP contribution in [0, 0.1) is 11.7 Å². The maximum Gasteiger partial charge on any atom is 0.416 e. The number of nitrogens with zero attached hydrogens (tertiary/aromatic N) is 1. The highest BCUT2D eigenvalue weighted by Crippen LogP contribution is 2.30. The van der Waals surface area contributed by atoms with Gasteiger partial charge >= 0.3 is 12.2 Å². The van der Waals surface area contributed by atoms with Crippen LogP contribution in [0.5, 0.6) is 0 Å². The lowest BCUT2D eigenvalue weighted by molar-refractivity contribution is -0.137. The van der Waals surface area contributed by atoms with Gasteiger partial charge in [-0.05, 0) is 48.5 Å². The van der Waals surface area contributed by atoms with E-state index in [0.29, 0.717) is 12.2 Å². The first-order chi connectivity index (χ1) is 13.2. The molecule has 1 atom stereocenters. The molecule has 2 aromatic carbocycles. The van der Waals surface area contributed by atoms with Gasteiger partial charge in [0.05, 0.1) is 5.56 Å². The Hall–Kier alpha value is -3.10. The molecule has 0 aromatic heterocycles. The van der Waals surface area contributed by atoms with Crippen LogP contribution in [0.25, 0.3) is 0 Å². The molecule has 0 saturated carbocycles. The van der Waals surface area contributed by atoms with Gasteiger partial charge in [-0.2, -0.15) is 13.2 Å². The van der Waals surface area contributed by atoms with E-state index in [4.69, 9.17) is 0 Å². The van der Waals surface area contributed by atoms with E-state index in [1.165, 1.54) is 29.2 Å². The van der Waals surface area contributed by atoms with E-state index in [2.05, 4.69) is 10.6 Å². The van der Waals surface area contributed by atoms with Crippen molar-refractivity contribution in [3.05, 3.63) is 59.9 Å². The van der Waals surface area contributed by atoms with Gasteiger partial charge in [-0.25, -0.2) is 9.18 Å². The van der Waals surface area contributed by atoms with Crippen molar-refractivity contribution in [3.63, 3.8) is 0 Å². The van der Waals surface area contributed by atoms with Crippen molar-refractivity contribution in [3.8, 4) is 0 Å². The number of anilines is 2. The molecule has 1 fully saturated rings. The van der Waals surface area contributed by atoms with Gasteiger partial charge in [0.25, 0.3) is 0 Å². The first-order valence-corrected chi connectivity index (χ1v) is 8.50. The average Bonchev–Trinajstić information content (AvgIpc) is 3.01. The van der Waals surface area contributed by atoms with Gasteiger partial charge in [-0.3, -0.25) is 4.79 Å². The quantitative estimate of drug-likeness (QED) is 0.769. The molecule has 1 aliphatic heterocycles. The predicted molar refractivity (Wildman–Crippen MR) is 95.3 cm³/mol. The number of carbonyl (C=O) groups excluding carboxylic acids is 2. The highest BCUT2D eigenvalue weighted by molar-refractivity contribution is 5.96. The molecule has 148 valence electrons. The zero-order chi connectivity index (χ0) is 20.3. The van der Waals surface area contributed by atoms with Crippen LogP contribution >= 0.6 is 0 Å². The zero-order valence-electron chi connectivity index (χ0n) is 14.6. The third-order valence-electron chi connectivity index (χ3n) is 4.36. The summed E-state index contributed by atoms with van der Waals surface area (Å²) in [6.45, 7) is 0.598. The number of nitrogens with one attached hydrogen (secondary N) is 2. The maximum absolute atomic E-state index is 13.0. The van der Waals surface area contributed by atoms with Gasteiger partial charge < -0.3 is 15.5 Å². The molecule has 5 nitrogen and oxygen atoms in total. The Bertz CT molecular complexity index is 851. The summed E-state index contributed by atoms with van der Waals surface area (Å²) in [5.74, 6) is -0.647. The molecule has 1 aliphatic rings. The van der Waals surface area contributed by atoms with Crippen molar-refractivity contribution >= 4 is 23.3 Å². The van der Waals surface area contributed by atoms with E-state index in [9.17, 15) is 27.2 Å². The molecular weight excluding hydrogens is 378 g/mol. The van der Waals surface area contributed by atoms with Crippen molar-refractivity contribution < 1.29 is 27.2 Å². The van der Waals surface area contributed by atoms with Gasteiger partial charge in [0.1, 0.15) is 5.82 Å². The monoisotopic (exact) mass is 395 g/mol. The summed E-state index contributed by atoms with van der Waals surface area (Å²) in [5, 5.41) is 5.06. The van der Waals surface area contributed by atoms with Crippen molar-refractivity contribution in [2.75, 3.05) is 23.3 Å². The molecule has 2 N–H and O–H groups in total. The minimum Gasteiger partial charge on any atom is -0.338 e. The average molecular weight is 395 g/mol. The van der Waals surface area contributed by atoms with E-state index in [1.54, 1.807) is 0 Å². The number of carbonyl (C=O) groups is 2. The largest absolute Gasteiger partial charge is 0.416 e. The number of rotatable bonds is 4. The van der Waals surface area contributed by atoms with Crippen LogP contribution in [0.3, 0.4) is 0 Å². The predicted octanol–water partition coefficient (Wildman–Crippen LogP) is 4.02. The van der Waals surface area contributed by atoms with Crippen molar-refractivity contribution in [1.82, 2.24) is 5.32 Å². The number of urea groups is 1. The van der Waals surface area contributed by atoms with Gasteiger partial charge in [0.2, 0.25) is 5.91 Å². The van der Waals surface area contributed by atoms with Crippen molar-refractivity contribution in [2.45, 2.75) is 12.6 Å². The molecule has 0 bridgehead atoms. The molecular formula is C19H17F4N3O2. The van der Waals surface area contributed by atoms with E-state index in [0.717, 1.165) is 24.3 Å². The second kappa shape index (κ2) is 7.87. The summed E-state index contributed by atoms with van der Waals surface area (Å²) in [5.41, 5.74) is 0.00727. The van der Waals surface area contributed by atoms with Crippen LogP contribution in [-0.4, -0.2) is 25.0 Å². The Balaban J connectivity index is 1.50. The summed E-state index contributed by atoms with van der Waals surface area (Å²) in [6, 6.07) is 9.08. The first kappa shape index (κ1) is 19.7. The number of halogens is 4. The third kappa shape index (κ3) is 4.79. The highest BCUT2D eigenvalue weighted by Gasteiger charge is 2.31. The smallest absolute Gasteiger partial charge is 0.338 e. The second-order valence-electron chi connectivity index (χ2n) is 6.46. The third-order valence-corrected chi connectivity index (χ3v) is 4.36. The summed E-state index contributed by atoms with van der Waals surface area (Å²) in [7, 11) is 0. The van der Waals surface area contributed by atoms with Gasteiger partial charge in [0.15, 0.2) is 0 Å². The van der Waals surface area contributed by atoms with Crippen LogP contribution in [0.15, 0.2) is 48.5 Å². The minimum atomic E-state index is -4.44. The molecule has 1 heterocycles. The van der Waals surface area contributed by atoms with E-state index in [-0.39, 0.29) is 30.5 Å². The first-order valence-electron chi connectivity index (χ1n) is 8.50. The molecule has 9 heteroatoms. The van der Waals surface area contributed by atoms with Crippen LogP contribution < -0.4 is 15.5 Å². The molecule has 3 amide bonds. The molecule has 1 saturated heterocycles.